The van der Waals surface area contributed by atoms with Crippen LogP contribution < -0.4 is 26.0 Å². The molecule has 0 aliphatic heterocycles. The van der Waals surface area contributed by atoms with E-state index in [0.29, 0.717) is 10.8 Å². The molecule has 0 radical (unpaired) electrons. The molecule has 0 fully saturated rings. The number of carbonyl (C=O) groups is 3. The average Bonchev–Trinajstić information content (AvgIpc) is 3.45. The van der Waals surface area contributed by atoms with Crippen molar-refractivity contribution in [2.45, 2.75) is 33.5 Å². The Morgan fingerprint density at radius 2 is 1.71 bits per heavy atom. The number of benzene rings is 1. The number of aromatic nitrogens is 4. The Balaban J connectivity index is 1.36. The molecule has 4 rings (SSSR count). The number of ether oxygens (including phenoxy) is 1. The molecule has 0 saturated heterocycles. The van der Waals surface area contributed by atoms with Crippen LogP contribution in [0.15, 0.2) is 64.2 Å². The Bertz CT molecular complexity index is 1780. The van der Waals surface area contributed by atoms with Gasteiger partial charge in [-0.15, -0.1) is 0 Å². The van der Waals surface area contributed by atoms with Crippen molar-refractivity contribution < 1.29 is 36.8 Å². The molecule has 4 N–H and O–H groups in total. The van der Waals surface area contributed by atoms with Gasteiger partial charge in [-0.2, -0.15) is 23.1 Å². The van der Waals surface area contributed by atoms with Gasteiger partial charge in [-0.25, -0.2) is 9.98 Å². The van der Waals surface area contributed by atoms with E-state index in [-0.39, 0.29) is 41.9 Å². The first kappa shape index (κ1) is 35.3. The molecule has 1 aromatic carbocycles. The van der Waals surface area contributed by atoms with Crippen LogP contribution in [0.3, 0.4) is 0 Å². The largest absolute Gasteiger partial charge is 0.454 e. The number of hydrogen-bond acceptors (Lipinski definition) is 11. The minimum Gasteiger partial charge on any atom is -0.454 e. The summed E-state index contributed by atoms with van der Waals surface area (Å²) in [6, 6.07) is 12.2. The van der Waals surface area contributed by atoms with Crippen molar-refractivity contribution in [3.63, 3.8) is 0 Å². The van der Waals surface area contributed by atoms with Gasteiger partial charge in [-0.05, 0) is 36.8 Å². The molecule has 14 nitrogen and oxygen atoms in total. The predicted molar refractivity (Wildman–Crippen MR) is 169 cm³/mol. The van der Waals surface area contributed by atoms with Crippen LogP contribution in [0, 0.1) is 12.3 Å². The summed E-state index contributed by atoms with van der Waals surface area (Å²) in [4.78, 5) is 53.0. The van der Waals surface area contributed by atoms with E-state index in [2.05, 4.69) is 46.4 Å². The highest BCUT2D eigenvalue weighted by molar-refractivity contribution is 6.39. The lowest BCUT2D eigenvalue weighted by Crippen LogP contribution is -2.41. The molecule has 18 heteroatoms. The van der Waals surface area contributed by atoms with E-state index in [4.69, 9.17) is 20.9 Å². The van der Waals surface area contributed by atoms with Gasteiger partial charge in [0.15, 0.2) is 12.4 Å². The Labute approximate surface area is 276 Å². The topological polar surface area (TPSA) is 186 Å². The minimum absolute atomic E-state index is 0.0147. The molecule has 3 aromatic heterocycles. The maximum absolute atomic E-state index is 12.8. The second kappa shape index (κ2) is 15.3. The van der Waals surface area contributed by atoms with E-state index in [0.717, 1.165) is 5.56 Å². The van der Waals surface area contributed by atoms with Gasteiger partial charge in [0.2, 0.25) is 0 Å². The first-order valence-electron chi connectivity index (χ1n) is 14.1. The van der Waals surface area contributed by atoms with E-state index in [9.17, 15) is 27.6 Å². The molecular formula is C30H29ClF3N9O5. The van der Waals surface area contributed by atoms with Crippen molar-refractivity contribution in [2.75, 3.05) is 29.1 Å². The summed E-state index contributed by atoms with van der Waals surface area (Å²) in [7, 11) is 0. The smallest absolute Gasteiger partial charge is 0.422 e. The van der Waals surface area contributed by atoms with Crippen molar-refractivity contribution in [3.05, 3.63) is 76.6 Å². The van der Waals surface area contributed by atoms with Gasteiger partial charge >= 0.3 is 24.0 Å². The number of hydrogen-bond donors (Lipinski definition) is 4. The molecule has 252 valence electrons. The zero-order valence-electron chi connectivity index (χ0n) is 25.7. The molecule has 0 aliphatic carbocycles. The number of nitrogens with one attached hydrogen (secondary N) is 4. The highest BCUT2D eigenvalue weighted by Crippen LogP contribution is 2.23. The zero-order valence-corrected chi connectivity index (χ0v) is 26.4. The number of carbonyl (C=O) groups excluding carboxylic acids is 3. The van der Waals surface area contributed by atoms with Crippen molar-refractivity contribution in [3.8, 4) is 6.01 Å². The first-order valence-corrected chi connectivity index (χ1v) is 14.4. The molecule has 0 bridgehead atoms. The molecule has 3 heterocycles. The molecule has 48 heavy (non-hydrogen) atoms. The van der Waals surface area contributed by atoms with Gasteiger partial charge in [0, 0.05) is 48.1 Å². The van der Waals surface area contributed by atoms with Crippen LogP contribution in [0.2, 0.25) is 5.02 Å². The third-order valence-electron chi connectivity index (χ3n) is 6.04. The summed E-state index contributed by atoms with van der Waals surface area (Å²) >= 11 is 5.91. The van der Waals surface area contributed by atoms with E-state index in [1.807, 2.05) is 0 Å². The van der Waals surface area contributed by atoms with Crippen LogP contribution in [-0.4, -0.2) is 63.4 Å². The quantitative estimate of drug-likeness (QED) is 0.115. The predicted octanol–water partition coefficient (Wildman–Crippen LogP) is 5.11. The number of aliphatic imine (C=N–C) groups is 1. The maximum Gasteiger partial charge on any atom is 0.422 e. The molecule has 0 atom stereocenters. The fraction of sp³-hybridized carbons (Fsp3) is 0.267. The number of nitrogens with zero attached hydrogens (tertiary/aromatic N) is 5. The van der Waals surface area contributed by atoms with E-state index >= 15 is 0 Å². The molecule has 0 unspecified atom stereocenters. The molecular weight excluding hydrogens is 659 g/mol. The number of rotatable bonds is 12. The fourth-order valence-corrected chi connectivity index (χ4v) is 3.78. The Hall–Kier alpha value is -5.58. The summed E-state index contributed by atoms with van der Waals surface area (Å²) in [6.45, 7) is 3.70. The summed E-state index contributed by atoms with van der Waals surface area (Å²) < 4.78 is 47.9. The maximum atomic E-state index is 12.8. The third-order valence-corrected chi connectivity index (χ3v) is 6.29. The Morgan fingerprint density at radius 1 is 0.979 bits per heavy atom. The monoisotopic (exact) mass is 687 g/mol. The fourth-order valence-electron chi connectivity index (χ4n) is 3.65. The normalized spacial score (nSPS) is 11.6. The lowest BCUT2D eigenvalue weighted by atomic mass is 9.95. The van der Waals surface area contributed by atoms with Gasteiger partial charge in [-0.1, -0.05) is 42.7 Å². The van der Waals surface area contributed by atoms with Crippen molar-refractivity contribution in [2.24, 2.45) is 10.4 Å². The first-order chi connectivity index (χ1) is 22.6. The summed E-state index contributed by atoms with van der Waals surface area (Å²) in [5, 5.41) is 14.8. The lowest BCUT2D eigenvalue weighted by Gasteiger charge is -2.19. The van der Waals surface area contributed by atoms with Crippen LogP contribution in [0.5, 0.6) is 6.01 Å². The summed E-state index contributed by atoms with van der Waals surface area (Å²) in [5.41, 5.74) is 0.147. The van der Waals surface area contributed by atoms with Gasteiger partial charge in [0.05, 0.1) is 5.56 Å². The summed E-state index contributed by atoms with van der Waals surface area (Å²) in [5.74, 6) is -1.48. The molecule has 0 saturated carbocycles. The second-order valence-electron chi connectivity index (χ2n) is 10.9. The van der Waals surface area contributed by atoms with Gasteiger partial charge < -0.3 is 25.2 Å². The van der Waals surface area contributed by atoms with Crippen molar-refractivity contribution >= 4 is 58.8 Å². The molecule has 0 aliphatic rings. The lowest BCUT2D eigenvalue weighted by molar-refractivity contribution is -0.154. The number of aryl methyl sites for hydroxylation is 1. The minimum atomic E-state index is -4.60. The molecule has 3 amide bonds. The highest BCUT2D eigenvalue weighted by Gasteiger charge is 2.29. The Kier molecular flexibility index (Phi) is 11.3. The number of anilines is 4. The van der Waals surface area contributed by atoms with E-state index in [1.165, 1.54) is 36.7 Å². The van der Waals surface area contributed by atoms with Crippen LogP contribution >= 0.6 is 11.6 Å². The van der Waals surface area contributed by atoms with Crippen LogP contribution in [0.25, 0.3) is 0 Å². The summed E-state index contributed by atoms with van der Waals surface area (Å²) in [6.07, 6.45) is -2.02. The number of amides is 3. The van der Waals surface area contributed by atoms with E-state index < -0.39 is 41.9 Å². The number of halogens is 4. The highest BCUT2D eigenvalue weighted by atomic mass is 35.5. The second-order valence-corrected chi connectivity index (χ2v) is 11.3. The third kappa shape index (κ3) is 11.3. The van der Waals surface area contributed by atoms with Crippen LogP contribution in [0.4, 0.5) is 36.4 Å². The van der Waals surface area contributed by atoms with Gasteiger partial charge in [0.25, 0.3) is 5.91 Å². The van der Waals surface area contributed by atoms with Crippen LogP contribution in [0.1, 0.15) is 35.5 Å². The number of pyridine rings is 1. The average molecular weight is 688 g/mol. The van der Waals surface area contributed by atoms with Crippen molar-refractivity contribution in [1.29, 1.82) is 0 Å². The van der Waals surface area contributed by atoms with Gasteiger partial charge in [-0.3, -0.25) is 19.7 Å². The molecule has 0 spiro atoms. The van der Waals surface area contributed by atoms with Gasteiger partial charge in [0.1, 0.15) is 23.2 Å². The SMILES string of the molecule is Cc1cc(NC(=O)C(=O)NCC(C)(C)C=NC(=O)c2ccc(Nc3cc(NCc4ccc(Cl)cc4)nc(OCC(F)(F)F)n3)nc2)no1. The standard InChI is InChI=1S/C30H29ClF3N9O5/c1-17-10-24(43-48-17)40-27(46)26(45)38-15-29(2,3)14-37-25(44)19-6-9-21(36-13-19)39-23-11-22(35-12-18-4-7-20(31)8-5-18)41-28(42-23)47-16-30(32,33)34/h4-11,13-14H,12,15-16H2,1-3H3,(H,38,45)(H,40,43,46)(H2,35,36,39,41,42). The molecule has 4 aromatic rings. The number of alkyl halides is 3. The zero-order chi connectivity index (χ0) is 34.9. The van der Waals surface area contributed by atoms with Crippen molar-refractivity contribution in [1.82, 2.24) is 25.4 Å². The Morgan fingerprint density at radius 3 is 2.35 bits per heavy atom. The van der Waals surface area contributed by atoms with Crippen LogP contribution in [-0.2, 0) is 16.1 Å². The van der Waals surface area contributed by atoms with E-state index in [1.54, 1.807) is 45.0 Å².